The summed E-state index contributed by atoms with van der Waals surface area (Å²) in [6.07, 6.45) is 1.54. The Balaban J connectivity index is 1.36. The van der Waals surface area contributed by atoms with E-state index in [1.165, 1.54) is 0 Å². The highest BCUT2D eigenvalue weighted by atomic mass is 16.3. The molecule has 0 spiro atoms. The lowest BCUT2D eigenvalue weighted by atomic mass is 9.90. The molecule has 4 rings (SSSR count). The highest BCUT2D eigenvalue weighted by molar-refractivity contribution is 5.97. The second-order valence-corrected chi connectivity index (χ2v) is 9.08. The molecule has 0 aromatic heterocycles. The van der Waals surface area contributed by atoms with Crippen molar-refractivity contribution in [2.24, 2.45) is 11.8 Å². The van der Waals surface area contributed by atoms with E-state index in [9.17, 15) is 15.0 Å². The number of hydrogen-bond donors (Lipinski definition) is 2. The zero-order valence-corrected chi connectivity index (χ0v) is 16.6. The Labute approximate surface area is 166 Å². The number of carbonyl (C=O) groups is 1. The van der Waals surface area contributed by atoms with Crippen LogP contribution in [0.4, 0.5) is 0 Å². The summed E-state index contributed by atoms with van der Waals surface area (Å²) >= 11 is 0. The van der Waals surface area contributed by atoms with Gasteiger partial charge in [-0.15, -0.1) is 0 Å². The summed E-state index contributed by atoms with van der Waals surface area (Å²) in [6.45, 7) is 5.63. The predicted octanol–water partition coefficient (Wildman–Crippen LogP) is 3.33. The lowest BCUT2D eigenvalue weighted by molar-refractivity contribution is 0.0315. The first-order valence-electron chi connectivity index (χ1n) is 10.1. The molecule has 2 atom stereocenters. The third-order valence-corrected chi connectivity index (χ3v) is 6.44. The van der Waals surface area contributed by atoms with Crippen molar-refractivity contribution in [2.75, 3.05) is 19.6 Å². The van der Waals surface area contributed by atoms with E-state index in [-0.39, 0.29) is 5.78 Å². The lowest BCUT2D eigenvalue weighted by Gasteiger charge is -2.26. The molecule has 28 heavy (non-hydrogen) atoms. The number of Topliss-reactive ketones (excluding diaryl/α,β-unsaturated/α-hetero) is 1. The van der Waals surface area contributed by atoms with Crippen molar-refractivity contribution in [1.82, 2.24) is 4.90 Å². The fourth-order valence-corrected chi connectivity index (χ4v) is 4.92. The van der Waals surface area contributed by atoms with Crippen LogP contribution in [0.3, 0.4) is 0 Å². The molecule has 1 saturated carbocycles. The summed E-state index contributed by atoms with van der Waals surface area (Å²) in [5, 5.41) is 21.2. The first-order chi connectivity index (χ1) is 13.2. The molecule has 2 fully saturated rings. The minimum absolute atomic E-state index is 0.112. The maximum atomic E-state index is 12.7. The Morgan fingerprint density at radius 2 is 1.61 bits per heavy atom. The van der Waals surface area contributed by atoms with Crippen LogP contribution in [0.2, 0.25) is 0 Å². The quantitative estimate of drug-likeness (QED) is 0.783. The Morgan fingerprint density at radius 3 is 2.14 bits per heavy atom. The maximum Gasteiger partial charge on any atom is 0.176 e. The maximum absolute atomic E-state index is 12.7. The predicted molar refractivity (Wildman–Crippen MR) is 109 cm³/mol. The molecule has 1 saturated heterocycles. The van der Waals surface area contributed by atoms with Crippen LogP contribution in [0.15, 0.2) is 54.6 Å². The van der Waals surface area contributed by atoms with Crippen LogP contribution in [0, 0.1) is 11.8 Å². The Morgan fingerprint density at radius 1 is 1.04 bits per heavy atom. The van der Waals surface area contributed by atoms with Crippen molar-refractivity contribution >= 4 is 5.78 Å². The van der Waals surface area contributed by atoms with Gasteiger partial charge in [0, 0.05) is 18.7 Å². The number of likely N-dealkylation sites (tertiary alicyclic amines) is 1. The van der Waals surface area contributed by atoms with Crippen LogP contribution in [0.5, 0.6) is 0 Å². The molecule has 4 nitrogen and oxygen atoms in total. The molecule has 0 bridgehead atoms. The van der Waals surface area contributed by atoms with E-state index >= 15 is 0 Å². The number of ketones is 1. The van der Waals surface area contributed by atoms with Gasteiger partial charge in [0.05, 0.1) is 17.7 Å². The van der Waals surface area contributed by atoms with Crippen LogP contribution in [0.1, 0.15) is 48.2 Å². The van der Waals surface area contributed by atoms with E-state index < -0.39 is 11.2 Å². The van der Waals surface area contributed by atoms with Crippen molar-refractivity contribution in [3.63, 3.8) is 0 Å². The van der Waals surface area contributed by atoms with E-state index in [0.717, 1.165) is 37.1 Å². The SMILES string of the molecule is CC(C)(O)c1ccc(C(=O)CN2CC3CC(O)(c4ccccc4)CC3C2)cc1. The molecule has 0 amide bonds. The van der Waals surface area contributed by atoms with Gasteiger partial charge in [0.2, 0.25) is 0 Å². The van der Waals surface area contributed by atoms with E-state index in [1.54, 1.807) is 26.0 Å². The Hall–Kier alpha value is -2.01. The number of fused-ring (bicyclic) bond motifs is 1. The van der Waals surface area contributed by atoms with Gasteiger partial charge in [0.25, 0.3) is 0 Å². The molecule has 148 valence electrons. The lowest BCUT2D eigenvalue weighted by Crippen LogP contribution is -2.31. The van der Waals surface area contributed by atoms with Gasteiger partial charge in [-0.2, -0.15) is 0 Å². The number of rotatable bonds is 5. The Kier molecular flexibility index (Phi) is 4.90. The highest BCUT2D eigenvalue weighted by Gasteiger charge is 2.49. The van der Waals surface area contributed by atoms with E-state index in [2.05, 4.69) is 4.90 Å². The molecule has 1 aliphatic heterocycles. The summed E-state index contributed by atoms with van der Waals surface area (Å²) in [5.41, 5.74) is 0.882. The van der Waals surface area contributed by atoms with E-state index in [1.807, 2.05) is 42.5 Å². The average molecular weight is 380 g/mol. The molecule has 1 heterocycles. The van der Waals surface area contributed by atoms with Gasteiger partial charge in [-0.25, -0.2) is 0 Å². The molecule has 2 aromatic rings. The normalized spacial score (nSPS) is 27.7. The van der Waals surface area contributed by atoms with E-state index in [4.69, 9.17) is 0 Å². The van der Waals surface area contributed by atoms with Gasteiger partial charge >= 0.3 is 0 Å². The molecular weight excluding hydrogens is 350 g/mol. The van der Waals surface area contributed by atoms with E-state index in [0.29, 0.717) is 23.9 Å². The first-order valence-corrected chi connectivity index (χ1v) is 10.1. The van der Waals surface area contributed by atoms with Gasteiger partial charge in [0.15, 0.2) is 5.78 Å². The van der Waals surface area contributed by atoms with Crippen molar-refractivity contribution in [3.05, 3.63) is 71.3 Å². The van der Waals surface area contributed by atoms with Gasteiger partial charge in [-0.3, -0.25) is 9.69 Å². The van der Waals surface area contributed by atoms with Gasteiger partial charge < -0.3 is 10.2 Å². The number of nitrogens with zero attached hydrogens (tertiary/aromatic N) is 1. The summed E-state index contributed by atoms with van der Waals surface area (Å²) < 4.78 is 0. The number of carbonyl (C=O) groups excluding carboxylic acids is 1. The van der Waals surface area contributed by atoms with Crippen molar-refractivity contribution in [2.45, 2.75) is 37.9 Å². The van der Waals surface area contributed by atoms with Crippen molar-refractivity contribution < 1.29 is 15.0 Å². The van der Waals surface area contributed by atoms with Crippen LogP contribution in [-0.4, -0.2) is 40.5 Å². The third-order valence-electron chi connectivity index (χ3n) is 6.44. The largest absolute Gasteiger partial charge is 0.386 e. The average Bonchev–Trinajstić information content (AvgIpc) is 3.16. The fraction of sp³-hybridized carbons (Fsp3) is 0.458. The second kappa shape index (κ2) is 7.11. The molecule has 2 N–H and O–H groups in total. The minimum atomic E-state index is -0.899. The van der Waals surface area contributed by atoms with Crippen molar-refractivity contribution in [1.29, 1.82) is 0 Å². The van der Waals surface area contributed by atoms with Crippen LogP contribution in [-0.2, 0) is 11.2 Å². The topological polar surface area (TPSA) is 60.8 Å². The summed E-state index contributed by atoms with van der Waals surface area (Å²) in [5.74, 6) is 0.992. The van der Waals surface area contributed by atoms with Crippen LogP contribution in [0.25, 0.3) is 0 Å². The number of hydrogen-bond acceptors (Lipinski definition) is 4. The molecule has 2 aliphatic rings. The van der Waals surface area contributed by atoms with Gasteiger partial charge in [-0.05, 0) is 49.7 Å². The van der Waals surface area contributed by atoms with Crippen LogP contribution >= 0.6 is 0 Å². The molecule has 2 aromatic carbocycles. The third kappa shape index (κ3) is 3.77. The summed E-state index contributed by atoms with van der Waals surface area (Å²) in [7, 11) is 0. The second-order valence-electron chi connectivity index (χ2n) is 9.08. The standard InChI is InChI=1S/C24H29NO3/c1-23(2,27)20-10-8-17(9-11-20)22(26)16-25-14-18-12-24(28,13-19(18)15-25)21-6-4-3-5-7-21/h3-11,18-19,27-28H,12-16H2,1-2H3. The Bertz CT molecular complexity index is 824. The molecule has 4 heteroatoms. The smallest absolute Gasteiger partial charge is 0.176 e. The number of benzene rings is 2. The summed E-state index contributed by atoms with van der Waals surface area (Å²) in [4.78, 5) is 14.9. The molecule has 0 radical (unpaired) electrons. The molecule has 2 unspecified atom stereocenters. The first kappa shape index (κ1) is 19.3. The summed E-state index contributed by atoms with van der Waals surface area (Å²) in [6, 6.07) is 17.2. The van der Waals surface area contributed by atoms with Crippen molar-refractivity contribution in [3.8, 4) is 0 Å². The minimum Gasteiger partial charge on any atom is -0.386 e. The monoisotopic (exact) mass is 379 g/mol. The zero-order valence-electron chi connectivity index (χ0n) is 16.6. The van der Waals surface area contributed by atoms with Gasteiger partial charge in [0.1, 0.15) is 0 Å². The molecular formula is C24H29NO3. The van der Waals surface area contributed by atoms with Gasteiger partial charge in [-0.1, -0.05) is 54.6 Å². The number of aliphatic hydroxyl groups is 2. The zero-order chi connectivity index (χ0) is 19.9. The fourth-order valence-electron chi connectivity index (χ4n) is 4.92. The van der Waals surface area contributed by atoms with Crippen LogP contribution < -0.4 is 0 Å². The highest BCUT2D eigenvalue weighted by Crippen LogP contribution is 2.48. The molecule has 1 aliphatic carbocycles.